The normalized spacial score (nSPS) is 26.9. The van der Waals surface area contributed by atoms with Gasteiger partial charge in [0.05, 0.1) is 0 Å². The first-order valence-corrected chi connectivity index (χ1v) is 5.10. The average Bonchev–Trinajstić information content (AvgIpc) is 2.52. The van der Waals surface area contributed by atoms with Gasteiger partial charge in [-0.2, -0.15) is 0 Å². The third kappa shape index (κ3) is 1.11. The zero-order chi connectivity index (χ0) is 8.67. The lowest BCUT2D eigenvalue weighted by Gasteiger charge is -2.25. The summed E-state index contributed by atoms with van der Waals surface area (Å²) in [6.07, 6.45) is 2.65. The average molecular weight is 172 g/mol. The van der Waals surface area contributed by atoms with Crippen molar-refractivity contribution in [1.82, 2.24) is 5.32 Å². The highest BCUT2D eigenvalue weighted by atomic mass is 14.9. The maximum absolute atomic E-state index is 3.52. The lowest BCUT2D eigenvalue weighted by Crippen LogP contribution is -2.18. The Bertz CT molecular complexity index is 284. The van der Waals surface area contributed by atoms with Crippen LogP contribution in [0.3, 0.4) is 0 Å². The Balaban J connectivity index is 2.15. The van der Waals surface area contributed by atoms with E-state index in [1.165, 1.54) is 24.9 Å². The fourth-order valence-corrected chi connectivity index (χ4v) is 2.61. The Morgan fingerprint density at radius 2 is 2.15 bits per heavy atom. The van der Waals surface area contributed by atoms with Crippen LogP contribution in [-0.4, -0.2) is 13.1 Å². The van der Waals surface area contributed by atoms with Crippen LogP contribution in [0.15, 0.2) is 24.3 Å². The topological polar surface area (TPSA) is 12.0 Å². The van der Waals surface area contributed by atoms with Crippen molar-refractivity contribution in [3.63, 3.8) is 0 Å². The SMILES string of the molecule is c1ccc2c(c1)[C]1CCC2CNC1. The number of fused-ring (bicyclic) bond motifs is 3. The zero-order valence-corrected chi connectivity index (χ0v) is 7.72. The molecule has 0 aromatic heterocycles. The molecule has 1 aliphatic carbocycles. The first-order chi connectivity index (χ1) is 6.45. The van der Waals surface area contributed by atoms with Gasteiger partial charge in [0.25, 0.3) is 0 Å². The second kappa shape index (κ2) is 2.85. The predicted molar refractivity (Wildman–Crippen MR) is 53.6 cm³/mol. The monoisotopic (exact) mass is 172 g/mol. The zero-order valence-electron chi connectivity index (χ0n) is 7.72. The van der Waals surface area contributed by atoms with E-state index in [0.717, 1.165) is 12.5 Å². The number of hydrogen-bond donors (Lipinski definition) is 1. The molecule has 1 aromatic carbocycles. The summed E-state index contributed by atoms with van der Waals surface area (Å²) < 4.78 is 0. The number of hydrogen-bond acceptors (Lipinski definition) is 1. The van der Waals surface area contributed by atoms with Crippen LogP contribution in [0, 0.1) is 5.92 Å². The van der Waals surface area contributed by atoms with Gasteiger partial charge in [0.1, 0.15) is 0 Å². The standard InChI is InChI=1S/C12H14N/c1-2-4-12-10-6-5-9(7-13-8-10)11(12)3-1/h1-4,9,13H,5-8H2. The minimum Gasteiger partial charge on any atom is -0.315 e. The highest BCUT2D eigenvalue weighted by Gasteiger charge is 2.29. The van der Waals surface area contributed by atoms with Gasteiger partial charge in [0, 0.05) is 19.0 Å². The highest BCUT2D eigenvalue weighted by Crippen LogP contribution is 2.39. The summed E-state index contributed by atoms with van der Waals surface area (Å²) >= 11 is 0. The van der Waals surface area contributed by atoms with Crippen molar-refractivity contribution in [1.29, 1.82) is 0 Å². The van der Waals surface area contributed by atoms with Gasteiger partial charge in [-0.25, -0.2) is 0 Å². The number of benzene rings is 1. The van der Waals surface area contributed by atoms with E-state index in [9.17, 15) is 0 Å². The molecule has 3 aliphatic rings. The van der Waals surface area contributed by atoms with Gasteiger partial charge in [-0.05, 0) is 29.9 Å². The summed E-state index contributed by atoms with van der Waals surface area (Å²) in [6.45, 7) is 2.27. The minimum atomic E-state index is 0.766. The first-order valence-electron chi connectivity index (χ1n) is 5.10. The van der Waals surface area contributed by atoms with Gasteiger partial charge >= 0.3 is 0 Å². The maximum Gasteiger partial charge on any atom is 0.0190 e. The van der Waals surface area contributed by atoms with Crippen molar-refractivity contribution in [3.05, 3.63) is 41.3 Å². The van der Waals surface area contributed by atoms with Crippen LogP contribution >= 0.6 is 0 Å². The van der Waals surface area contributed by atoms with Gasteiger partial charge in [0.2, 0.25) is 0 Å². The molecule has 2 aliphatic heterocycles. The van der Waals surface area contributed by atoms with Crippen LogP contribution < -0.4 is 5.32 Å². The second-order valence-corrected chi connectivity index (χ2v) is 4.06. The molecule has 2 heterocycles. The van der Waals surface area contributed by atoms with Crippen molar-refractivity contribution >= 4 is 0 Å². The summed E-state index contributed by atoms with van der Waals surface area (Å²) in [7, 11) is 0. The predicted octanol–water partition coefficient (Wildman–Crippen LogP) is 2.09. The molecule has 1 unspecified atom stereocenters. The Morgan fingerprint density at radius 3 is 3.15 bits per heavy atom. The van der Waals surface area contributed by atoms with Crippen LogP contribution in [0.25, 0.3) is 0 Å². The molecule has 1 atom stereocenters. The van der Waals surface area contributed by atoms with Gasteiger partial charge in [-0.3, -0.25) is 0 Å². The fourth-order valence-electron chi connectivity index (χ4n) is 2.61. The minimum absolute atomic E-state index is 0.766. The van der Waals surface area contributed by atoms with E-state index in [4.69, 9.17) is 0 Å². The molecule has 1 aromatic rings. The Hall–Kier alpha value is -0.820. The van der Waals surface area contributed by atoms with Gasteiger partial charge in [-0.15, -0.1) is 0 Å². The Morgan fingerprint density at radius 1 is 1.23 bits per heavy atom. The smallest absolute Gasteiger partial charge is 0.0190 e. The van der Waals surface area contributed by atoms with Crippen molar-refractivity contribution in [2.75, 3.05) is 13.1 Å². The molecule has 1 radical (unpaired) electrons. The first kappa shape index (κ1) is 7.57. The molecule has 2 bridgehead atoms. The van der Waals surface area contributed by atoms with Crippen molar-refractivity contribution in [2.24, 2.45) is 0 Å². The molecule has 1 N–H and O–H groups in total. The Kier molecular flexibility index (Phi) is 1.66. The fraction of sp³-hybridized carbons (Fsp3) is 0.417. The third-order valence-electron chi connectivity index (χ3n) is 3.31. The molecular weight excluding hydrogens is 158 g/mol. The highest BCUT2D eigenvalue weighted by molar-refractivity contribution is 5.45. The maximum atomic E-state index is 3.52. The lowest BCUT2D eigenvalue weighted by atomic mass is 9.78. The van der Waals surface area contributed by atoms with Crippen LogP contribution in [-0.2, 0) is 0 Å². The third-order valence-corrected chi connectivity index (χ3v) is 3.31. The molecule has 1 nitrogen and oxygen atoms in total. The summed E-state index contributed by atoms with van der Waals surface area (Å²) in [6, 6.07) is 8.91. The van der Waals surface area contributed by atoms with Gasteiger partial charge < -0.3 is 5.32 Å². The molecule has 67 valence electrons. The van der Waals surface area contributed by atoms with E-state index in [1.807, 2.05) is 0 Å². The molecule has 1 fully saturated rings. The van der Waals surface area contributed by atoms with Gasteiger partial charge in [0.15, 0.2) is 0 Å². The van der Waals surface area contributed by atoms with Crippen molar-refractivity contribution in [2.45, 2.75) is 18.8 Å². The molecule has 0 saturated carbocycles. The van der Waals surface area contributed by atoms with Crippen LogP contribution in [0.5, 0.6) is 0 Å². The van der Waals surface area contributed by atoms with E-state index < -0.39 is 0 Å². The molecule has 4 rings (SSSR count). The van der Waals surface area contributed by atoms with Crippen LogP contribution in [0.1, 0.15) is 29.9 Å². The summed E-state index contributed by atoms with van der Waals surface area (Å²) in [4.78, 5) is 0. The molecule has 0 spiro atoms. The molecule has 1 heteroatoms. The van der Waals surface area contributed by atoms with E-state index in [1.54, 1.807) is 11.5 Å². The van der Waals surface area contributed by atoms with Crippen molar-refractivity contribution < 1.29 is 0 Å². The van der Waals surface area contributed by atoms with Gasteiger partial charge in [-0.1, -0.05) is 24.3 Å². The van der Waals surface area contributed by atoms with E-state index in [-0.39, 0.29) is 0 Å². The summed E-state index contributed by atoms with van der Waals surface area (Å²) in [5.74, 6) is 2.38. The lowest BCUT2D eigenvalue weighted by molar-refractivity contribution is 0.598. The van der Waals surface area contributed by atoms with E-state index >= 15 is 0 Å². The quantitative estimate of drug-likeness (QED) is 0.632. The van der Waals surface area contributed by atoms with E-state index in [2.05, 4.69) is 29.6 Å². The molecular formula is C12H14N. The number of rotatable bonds is 0. The number of nitrogens with one attached hydrogen (secondary N) is 1. The van der Waals surface area contributed by atoms with E-state index in [0.29, 0.717) is 0 Å². The summed E-state index contributed by atoms with van der Waals surface area (Å²) in [5.41, 5.74) is 3.11. The second-order valence-electron chi connectivity index (χ2n) is 4.06. The van der Waals surface area contributed by atoms with Crippen LogP contribution in [0.2, 0.25) is 0 Å². The Labute approximate surface area is 79.2 Å². The van der Waals surface area contributed by atoms with Crippen LogP contribution in [0.4, 0.5) is 0 Å². The largest absolute Gasteiger partial charge is 0.315 e. The van der Waals surface area contributed by atoms with Crippen molar-refractivity contribution in [3.8, 4) is 0 Å². The molecule has 13 heavy (non-hydrogen) atoms. The summed E-state index contributed by atoms with van der Waals surface area (Å²) in [5, 5.41) is 3.52. The molecule has 1 saturated heterocycles. The molecule has 0 amide bonds.